The predicted molar refractivity (Wildman–Crippen MR) is 123 cm³/mol. The van der Waals surface area contributed by atoms with Gasteiger partial charge in [-0.1, -0.05) is 38.6 Å². The first kappa shape index (κ1) is 21.5. The standard InChI is InChI=1S/C21H23N5O3S2/c1-5-8-26-17-15(20(27)25(4)21(26)28)19(24-16(23-17)12(2)3)31-11-13-10-29-18(22-13)14-7-6-9-30-14/h6-7,9-10,12H,5,8,11H2,1-4H3. The molecule has 31 heavy (non-hydrogen) atoms. The Bertz CT molecular complexity index is 1340. The number of hydrogen-bond acceptors (Lipinski definition) is 8. The summed E-state index contributed by atoms with van der Waals surface area (Å²) in [5.74, 6) is 1.71. The van der Waals surface area contributed by atoms with Gasteiger partial charge in [0, 0.05) is 25.3 Å². The van der Waals surface area contributed by atoms with Crippen LogP contribution in [-0.4, -0.2) is 24.1 Å². The number of fused-ring (bicyclic) bond motifs is 1. The molecule has 4 aromatic rings. The fourth-order valence-electron chi connectivity index (χ4n) is 3.17. The number of thioether (sulfide) groups is 1. The number of nitrogens with zero attached hydrogens (tertiary/aromatic N) is 5. The van der Waals surface area contributed by atoms with Crippen LogP contribution in [0.15, 0.2) is 42.8 Å². The maximum atomic E-state index is 13.0. The molecule has 4 aromatic heterocycles. The van der Waals surface area contributed by atoms with E-state index in [0.29, 0.717) is 40.1 Å². The fraction of sp³-hybridized carbons (Fsp3) is 0.381. The lowest BCUT2D eigenvalue weighted by atomic mass is 10.2. The number of oxazole rings is 1. The van der Waals surface area contributed by atoms with Gasteiger partial charge in [0.05, 0.1) is 10.6 Å². The normalized spacial score (nSPS) is 11.6. The molecule has 4 rings (SSSR count). The molecule has 0 unspecified atom stereocenters. The molecule has 8 nitrogen and oxygen atoms in total. The van der Waals surface area contributed by atoms with Crippen LogP contribution in [0.3, 0.4) is 0 Å². The molecule has 4 heterocycles. The lowest BCUT2D eigenvalue weighted by Crippen LogP contribution is -2.39. The largest absolute Gasteiger partial charge is 0.444 e. The van der Waals surface area contributed by atoms with Crippen molar-refractivity contribution < 1.29 is 4.42 Å². The zero-order valence-corrected chi connectivity index (χ0v) is 19.4. The van der Waals surface area contributed by atoms with Gasteiger partial charge < -0.3 is 4.42 Å². The molecule has 0 amide bonds. The van der Waals surface area contributed by atoms with Crippen LogP contribution in [0.1, 0.15) is 44.6 Å². The number of hydrogen-bond donors (Lipinski definition) is 0. The van der Waals surface area contributed by atoms with E-state index < -0.39 is 0 Å². The number of thiophene rings is 1. The van der Waals surface area contributed by atoms with Crippen molar-refractivity contribution in [1.29, 1.82) is 0 Å². The van der Waals surface area contributed by atoms with E-state index in [0.717, 1.165) is 21.6 Å². The number of rotatable bonds is 7. The summed E-state index contributed by atoms with van der Waals surface area (Å²) >= 11 is 2.96. The molecule has 0 radical (unpaired) electrons. The topological polar surface area (TPSA) is 95.8 Å². The monoisotopic (exact) mass is 457 g/mol. The van der Waals surface area contributed by atoms with Gasteiger partial charge in [-0.25, -0.2) is 19.7 Å². The van der Waals surface area contributed by atoms with Crippen molar-refractivity contribution in [3.05, 3.63) is 56.1 Å². The van der Waals surface area contributed by atoms with Gasteiger partial charge >= 0.3 is 5.69 Å². The highest BCUT2D eigenvalue weighted by atomic mass is 32.2. The quantitative estimate of drug-likeness (QED) is 0.305. The SMILES string of the molecule is CCCn1c(=O)n(C)c(=O)c2c(SCc3coc(-c4cccs4)n3)nc(C(C)C)nc21. The van der Waals surface area contributed by atoms with Crippen molar-refractivity contribution in [1.82, 2.24) is 24.1 Å². The van der Waals surface area contributed by atoms with E-state index in [2.05, 4.69) is 15.0 Å². The Labute approximate surface area is 187 Å². The van der Waals surface area contributed by atoms with Gasteiger partial charge in [-0.2, -0.15) is 0 Å². The third-order valence-corrected chi connectivity index (χ3v) is 6.64. The second-order valence-electron chi connectivity index (χ2n) is 7.45. The summed E-state index contributed by atoms with van der Waals surface area (Å²) in [4.78, 5) is 40.5. The molecule has 0 spiro atoms. The average Bonchev–Trinajstić information content (AvgIpc) is 3.44. The summed E-state index contributed by atoms with van der Waals surface area (Å²) in [5, 5.41) is 2.90. The number of aromatic nitrogens is 5. The van der Waals surface area contributed by atoms with Crippen molar-refractivity contribution in [3.8, 4) is 10.8 Å². The van der Waals surface area contributed by atoms with E-state index in [-0.39, 0.29) is 17.2 Å². The summed E-state index contributed by atoms with van der Waals surface area (Å²) in [5.41, 5.74) is 0.408. The Hall–Kier alpha value is -2.72. The highest BCUT2D eigenvalue weighted by Crippen LogP contribution is 2.29. The molecule has 0 saturated carbocycles. The van der Waals surface area contributed by atoms with Crippen molar-refractivity contribution in [2.45, 2.75) is 50.4 Å². The van der Waals surface area contributed by atoms with Crippen LogP contribution in [-0.2, 0) is 19.3 Å². The molecular weight excluding hydrogens is 434 g/mol. The molecule has 0 bridgehead atoms. The Kier molecular flexibility index (Phi) is 6.10. The van der Waals surface area contributed by atoms with Crippen molar-refractivity contribution in [2.24, 2.45) is 7.05 Å². The molecule has 0 saturated heterocycles. The zero-order chi connectivity index (χ0) is 22.1. The van der Waals surface area contributed by atoms with E-state index in [4.69, 9.17) is 4.42 Å². The first-order valence-electron chi connectivity index (χ1n) is 10.0. The maximum absolute atomic E-state index is 13.0. The summed E-state index contributed by atoms with van der Waals surface area (Å²) in [6, 6.07) is 3.90. The molecule has 10 heteroatoms. The van der Waals surface area contributed by atoms with Gasteiger partial charge in [0.15, 0.2) is 5.65 Å². The van der Waals surface area contributed by atoms with Crippen LogP contribution in [0.2, 0.25) is 0 Å². The van der Waals surface area contributed by atoms with Crippen LogP contribution in [0, 0.1) is 0 Å². The third-order valence-electron chi connectivity index (χ3n) is 4.77. The van der Waals surface area contributed by atoms with E-state index in [1.807, 2.05) is 38.3 Å². The molecule has 0 aromatic carbocycles. The highest BCUT2D eigenvalue weighted by molar-refractivity contribution is 7.98. The molecule has 0 fully saturated rings. The van der Waals surface area contributed by atoms with Crippen LogP contribution in [0.4, 0.5) is 0 Å². The van der Waals surface area contributed by atoms with E-state index >= 15 is 0 Å². The van der Waals surface area contributed by atoms with E-state index in [1.165, 1.54) is 18.8 Å². The van der Waals surface area contributed by atoms with Crippen molar-refractivity contribution in [2.75, 3.05) is 0 Å². The zero-order valence-electron chi connectivity index (χ0n) is 17.8. The van der Waals surface area contributed by atoms with E-state index in [1.54, 1.807) is 22.2 Å². The minimum atomic E-state index is -0.385. The molecule has 0 atom stereocenters. The van der Waals surface area contributed by atoms with Crippen molar-refractivity contribution in [3.63, 3.8) is 0 Å². The Morgan fingerprint density at radius 1 is 1.23 bits per heavy atom. The third kappa shape index (κ3) is 4.09. The first-order chi connectivity index (χ1) is 14.9. The maximum Gasteiger partial charge on any atom is 0.332 e. The van der Waals surface area contributed by atoms with Gasteiger partial charge in [-0.05, 0) is 17.9 Å². The molecule has 162 valence electrons. The highest BCUT2D eigenvalue weighted by Gasteiger charge is 2.20. The van der Waals surface area contributed by atoms with Gasteiger partial charge in [-0.3, -0.25) is 13.9 Å². The Morgan fingerprint density at radius 3 is 2.71 bits per heavy atom. The van der Waals surface area contributed by atoms with Gasteiger partial charge in [0.2, 0.25) is 5.89 Å². The Morgan fingerprint density at radius 2 is 2.03 bits per heavy atom. The smallest absolute Gasteiger partial charge is 0.332 e. The summed E-state index contributed by atoms with van der Waals surface area (Å²) < 4.78 is 8.30. The second kappa shape index (κ2) is 8.80. The lowest BCUT2D eigenvalue weighted by molar-refractivity contribution is 0.575. The van der Waals surface area contributed by atoms with Crippen LogP contribution < -0.4 is 11.2 Å². The van der Waals surface area contributed by atoms with E-state index in [9.17, 15) is 9.59 Å². The number of aryl methyl sites for hydroxylation is 1. The second-order valence-corrected chi connectivity index (χ2v) is 9.36. The average molecular weight is 458 g/mol. The molecule has 0 N–H and O–H groups in total. The summed E-state index contributed by atoms with van der Waals surface area (Å²) in [7, 11) is 1.49. The Balaban J connectivity index is 1.79. The van der Waals surface area contributed by atoms with Crippen LogP contribution in [0.5, 0.6) is 0 Å². The van der Waals surface area contributed by atoms with Gasteiger partial charge in [-0.15, -0.1) is 11.3 Å². The summed E-state index contributed by atoms with van der Waals surface area (Å²) in [6.07, 6.45) is 2.38. The molecule has 0 aliphatic carbocycles. The van der Waals surface area contributed by atoms with Crippen LogP contribution in [0.25, 0.3) is 21.8 Å². The predicted octanol–water partition coefficient (Wildman–Crippen LogP) is 4.03. The van der Waals surface area contributed by atoms with Crippen LogP contribution >= 0.6 is 23.1 Å². The fourth-order valence-corrected chi connectivity index (χ4v) is 4.72. The minimum Gasteiger partial charge on any atom is -0.444 e. The molecule has 0 aliphatic heterocycles. The molecular formula is C21H23N5O3S2. The lowest BCUT2D eigenvalue weighted by Gasteiger charge is -2.14. The van der Waals surface area contributed by atoms with Gasteiger partial charge in [0.25, 0.3) is 5.56 Å². The minimum absolute atomic E-state index is 0.0514. The van der Waals surface area contributed by atoms with Crippen molar-refractivity contribution >= 4 is 34.1 Å². The first-order valence-corrected chi connectivity index (χ1v) is 11.9. The molecule has 0 aliphatic rings. The summed E-state index contributed by atoms with van der Waals surface area (Å²) in [6.45, 7) is 6.45. The van der Waals surface area contributed by atoms with Gasteiger partial charge in [0.1, 0.15) is 22.5 Å².